The van der Waals surface area contributed by atoms with Gasteiger partial charge < -0.3 is 18.9 Å². The van der Waals surface area contributed by atoms with Crippen molar-refractivity contribution < 1.29 is 23.7 Å². The van der Waals surface area contributed by atoms with Gasteiger partial charge in [-0.05, 0) is 60.7 Å². The van der Waals surface area contributed by atoms with Gasteiger partial charge in [0.1, 0.15) is 11.9 Å². The SMILES string of the molecule is CCCC(=O)O[C@H]1CCc2cc(OCCCOc3ccc(Br)cc3OC)ccc21. The standard InChI is InChI=1S/C23H27BrO5/c1-3-5-23(25)29-20-10-6-16-14-18(8-9-19(16)20)27-12-4-13-28-21-11-7-17(24)15-22(21)26-2/h7-9,11,14-15,20H,3-6,10,12-13H2,1-2H3/t20-/m0/s1. The Kier molecular flexibility index (Phi) is 7.81. The van der Waals surface area contributed by atoms with Gasteiger partial charge in [-0.15, -0.1) is 0 Å². The molecule has 0 N–H and O–H groups in total. The lowest BCUT2D eigenvalue weighted by molar-refractivity contribution is -0.149. The Labute approximate surface area is 180 Å². The molecule has 0 aromatic heterocycles. The summed E-state index contributed by atoms with van der Waals surface area (Å²) in [5, 5.41) is 0. The molecule has 1 aliphatic rings. The highest BCUT2D eigenvalue weighted by Gasteiger charge is 2.25. The molecule has 1 atom stereocenters. The first-order chi connectivity index (χ1) is 14.1. The number of esters is 1. The number of fused-ring (bicyclic) bond motifs is 1. The van der Waals surface area contributed by atoms with E-state index in [1.807, 2.05) is 37.3 Å². The summed E-state index contributed by atoms with van der Waals surface area (Å²) in [4.78, 5) is 11.8. The summed E-state index contributed by atoms with van der Waals surface area (Å²) >= 11 is 3.42. The van der Waals surface area contributed by atoms with Crippen LogP contribution in [0.4, 0.5) is 0 Å². The van der Waals surface area contributed by atoms with Crippen LogP contribution in [-0.4, -0.2) is 26.3 Å². The molecule has 1 aliphatic carbocycles. The minimum atomic E-state index is -0.118. The zero-order valence-corrected chi connectivity index (χ0v) is 18.5. The molecule has 0 unspecified atom stereocenters. The van der Waals surface area contributed by atoms with Gasteiger partial charge >= 0.3 is 5.97 Å². The predicted molar refractivity (Wildman–Crippen MR) is 115 cm³/mol. The molecule has 2 aromatic rings. The van der Waals surface area contributed by atoms with Crippen molar-refractivity contribution in [2.24, 2.45) is 0 Å². The number of hydrogen-bond donors (Lipinski definition) is 0. The van der Waals surface area contributed by atoms with Gasteiger partial charge in [-0.3, -0.25) is 4.79 Å². The molecule has 0 heterocycles. The van der Waals surface area contributed by atoms with Crippen molar-refractivity contribution in [3.05, 3.63) is 52.0 Å². The first-order valence-corrected chi connectivity index (χ1v) is 10.8. The van der Waals surface area contributed by atoms with Gasteiger partial charge in [0, 0.05) is 17.3 Å². The molecule has 0 fully saturated rings. The fourth-order valence-electron chi connectivity index (χ4n) is 3.38. The Balaban J connectivity index is 1.45. The van der Waals surface area contributed by atoms with E-state index in [1.165, 1.54) is 5.56 Å². The zero-order valence-electron chi connectivity index (χ0n) is 16.9. The van der Waals surface area contributed by atoms with Crippen LogP contribution < -0.4 is 14.2 Å². The molecule has 29 heavy (non-hydrogen) atoms. The van der Waals surface area contributed by atoms with Gasteiger partial charge in [0.2, 0.25) is 0 Å². The maximum Gasteiger partial charge on any atom is 0.306 e. The molecule has 0 radical (unpaired) electrons. The molecule has 0 aliphatic heterocycles. The monoisotopic (exact) mass is 462 g/mol. The number of carbonyl (C=O) groups excluding carboxylic acids is 1. The molecule has 0 amide bonds. The van der Waals surface area contributed by atoms with E-state index in [4.69, 9.17) is 18.9 Å². The molecule has 156 valence electrons. The van der Waals surface area contributed by atoms with E-state index in [9.17, 15) is 4.79 Å². The van der Waals surface area contributed by atoms with Crippen LogP contribution in [0.25, 0.3) is 0 Å². The van der Waals surface area contributed by atoms with Crippen molar-refractivity contribution in [3.8, 4) is 17.2 Å². The van der Waals surface area contributed by atoms with Gasteiger partial charge in [-0.2, -0.15) is 0 Å². The number of hydrogen-bond acceptors (Lipinski definition) is 5. The minimum Gasteiger partial charge on any atom is -0.493 e. The minimum absolute atomic E-state index is 0.118. The van der Waals surface area contributed by atoms with Crippen molar-refractivity contribution in [2.45, 2.75) is 45.1 Å². The summed E-state index contributed by atoms with van der Waals surface area (Å²) in [6, 6.07) is 11.7. The van der Waals surface area contributed by atoms with Crippen molar-refractivity contribution in [3.63, 3.8) is 0 Å². The predicted octanol–water partition coefficient (Wildman–Crippen LogP) is 5.64. The Morgan fingerprint density at radius 2 is 1.93 bits per heavy atom. The summed E-state index contributed by atoms with van der Waals surface area (Å²) in [5.41, 5.74) is 2.31. The van der Waals surface area contributed by atoms with Crippen LogP contribution in [0.1, 0.15) is 49.8 Å². The maximum absolute atomic E-state index is 11.8. The maximum atomic E-state index is 11.8. The summed E-state index contributed by atoms with van der Waals surface area (Å²) in [5.74, 6) is 2.14. The van der Waals surface area contributed by atoms with E-state index in [2.05, 4.69) is 22.0 Å². The second kappa shape index (κ2) is 10.5. The fraction of sp³-hybridized carbons (Fsp3) is 0.435. The van der Waals surface area contributed by atoms with Gasteiger partial charge in [0.05, 0.1) is 20.3 Å². The molecule has 0 saturated heterocycles. The third-order valence-corrected chi connectivity index (χ3v) is 5.30. The lowest BCUT2D eigenvalue weighted by Crippen LogP contribution is -2.08. The number of carbonyl (C=O) groups is 1. The van der Waals surface area contributed by atoms with Crippen LogP contribution in [0.15, 0.2) is 40.9 Å². The largest absolute Gasteiger partial charge is 0.493 e. The fourth-order valence-corrected chi connectivity index (χ4v) is 3.72. The highest BCUT2D eigenvalue weighted by molar-refractivity contribution is 9.10. The van der Waals surface area contributed by atoms with Crippen molar-refractivity contribution in [1.82, 2.24) is 0 Å². The van der Waals surface area contributed by atoms with Gasteiger partial charge in [0.25, 0.3) is 0 Å². The van der Waals surface area contributed by atoms with Crippen LogP contribution in [0.3, 0.4) is 0 Å². The molecular weight excluding hydrogens is 436 g/mol. The van der Waals surface area contributed by atoms with Crippen LogP contribution in [0.2, 0.25) is 0 Å². The van der Waals surface area contributed by atoms with Gasteiger partial charge in [0.15, 0.2) is 11.5 Å². The lowest BCUT2D eigenvalue weighted by atomic mass is 10.1. The molecule has 2 aromatic carbocycles. The summed E-state index contributed by atoms with van der Waals surface area (Å²) in [7, 11) is 1.63. The number of methoxy groups -OCH3 is 1. The second-order valence-corrected chi connectivity index (χ2v) is 7.89. The number of benzene rings is 2. The van der Waals surface area contributed by atoms with E-state index in [1.54, 1.807) is 7.11 Å². The number of ether oxygens (including phenoxy) is 4. The molecular formula is C23H27BrO5. The zero-order chi connectivity index (χ0) is 20.6. The van der Waals surface area contributed by atoms with E-state index in [0.29, 0.717) is 25.4 Å². The van der Waals surface area contributed by atoms with Crippen LogP contribution in [0, 0.1) is 0 Å². The highest BCUT2D eigenvalue weighted by atomic mass is 79.9. The second-order valence-electron chi connectivity index (χ2n) is 6.97. The number of aryl methyl sites for hydroxylation is 1. The number of halogens is 1. The quantitative estimate of drug-likeness (QED) is 0.337. The van der Waals surface area contributed by atoms with Gasteiger partial charge in [-0.1, -0.05) is 28.9 Å². The van der Waals surface area contributed by atoms with E-state index in [-0.39, 0.29) is 12.1 Å². The molecule has 5 nitrogen and oxygen atoms in total. The first kappa shape index (κ1) is 21.5. The summed E-state index contributed by atoms with van der Waals surface area (Å²) in [6.07, 6.45) is 3.67. The smallest absolute Gasteiger partial charge is 0.306 e. The van der Waals surface area contributed by atoms with Crippen LogP contribution >= 0.6 is 15.9 Å². The third-order valence-electron chi connectivity index (χ3n) is 4.81. The summed E-state index contributed by atoms with van der Waals surface area (Å²) < 4.78 is 23.5. The van der Waals surface area contributed by atoms with E-state index < -0.39 is 0 Å². The van der Waals surface area contributed by atoms with Crippen LogP contribution in [-0.2, 0) is 16.0 Å². The Bertz CT molecular complexity index is 836. The average Bonchev–Trinajstić information content (AvgIpc) is 3.10. The average molecular weight is 463 g/mol. The van der Waals surface area contributed by atoms with Gasteiger partial charge in [-0.25, -0.2) is 0 Å². The van der Waals surface area contributed by atoms with Crippen molar-refractivity contribution in [1.29, 1.82) is 0 Å². The Hall–Kier alpha value is -2.21. The normalized spacial score (nSPS) is 14.9. The van der Waals surface area contributed by atoms with E-state index in [0.717, 1.165) is 47.2 Å². The first-order valence-electron chi connectivity index (χ1n) is 10.0. The molecule has 3 rings (SSSR count). The lowest BCUT2D eigenvalue weighted by Gasteiger charge is -2.14. The van der Waals surface area contributed by atoms with E-state index >= 15 is 0 Å². The Morgan fingerprint density at radius 1 is 1.10 bits per heavy atom. The van der Waals surface area contributed by atoms with Crippen molar-refractivity contribution >= 4 is 21.9 Å². The van der Waals surface area contributed by atoms with Crippen molar-refractivity contribution in [2.75, 3.05) is 20.3 Å². The molecule has 0 bridgehead atoms. The Morgan fingerprint density at radius 3 is 2.72 bits per heavy atom. The summed E-state index contributed by atoms with van der Waals surface area (Å²) in [6.45, 7) is 3.08. The topological polar surface area (TPSA) is 54.0 Å². The molecule has 0 spiro atoms. The molecule has 0 saturated carbocycles. The molecule has 6 heteroatoms. The number of rotatable bonds is 10. The highest BCUT2D eigenvalue weighted by Crippen LogP contribution is 2.36. The third kappa shape index (κ3) is 5.89. The van der Waals surface area contributed by atoms with Crippen LogP contribution in [0.5, 0.6) is 17.2 Å².